The third-order valence-corrected chi connectivity index (χ3v) is 6.33. The predicted octanol–water partition coefficient (Wildman–Crippen LogP) is 3.06. The molecule has 2 aromatic rings. The fourth-order valence-corrected chi connectivity index (χ4v) is 4.17. The van der Waals surface area contributed by atoms with Gasteiger partial charge in [-0.15, -0.1) is 0 Å². The number of carbonyl (C=O) groups excluding carboxylic acids is 4. The smallest absolute Gasteiger partial charge is 0.744 e. The molecule has 0 N–H and O–H groups in total. The van der Waals surface area contributed by atoms with Gasteiger partial charge in [0.05, 0.1) is 56.5 Å². The second-order valence-corrected chi connectivity index (χ2v) is 13.0. The Morgan fingerprint density at radius 3 is 0.778 bits per heavy atom. The number of carbonyl (C=O) groups is 4. The Labute approximate surface area is 292 Å². The molecule has 0 bridgehead atoms. The maximum atomic E-state index is 11.9. The molecule has 17 heteroatoms. The topological polar surface area (TPSA) is 220 Å². The zero-order valence-corrected chi connectivity index (χ0v) is 29.9. The number of hydrogen-bond donors (Lipinski definition) is 0. The summed E-state index contributed by atoms with van der Waals surface area (Å²) in [6, 6.07) is 5.75. The summed E-state index contributed by atoms with van der Waals surface area (Å²) in [6.45, 7) is 12.9. The first-order valence-corrected chi connectivity index (χ1v) is 15.9. The monoisotopic (exact) mass is 698 g/mol. The molecule has 0 amide bonds. The van der Waals surface area contributed by atoms with E-state index in [1.54, 1.807) is 55.4 Å². The summed E-state index contributed by atoms with van der Waals surface area (Å²) < 4.78 is 86.7. The average Bonchev–Trinajstić information content (AvgIpc) is 2.86. The van der Waals surface area contributed by atoms with Gasteiger partial charge >= 0.3 is 61.6 Å². The van der Waals surface area contributed by atoms with Gasteiger partial charge in [-0.25, -0.2) is 36.0 Å². The van der Waals surface area contributed by atoms with Crippen LogP contribution in [0.4, 0.5) is 0 Å². The largest absolute Gasteiger partial charge is 2.00 e. The summed E-state index contributed by atoms with van der Waals surface area (Å²) in [5.41, 5.74) is -0.828. The van der Waals surface area contributed by atoms with E-state index in [9.17, 15) is 45.1 Å². The van der Waals surface area contributed by atoms with E-state index < -0.39 is 78.3 Å². The number of hydrogen-bond acceptors (Lipinski definition) is 14. The summed E-state index contributed by atoms with van der Waals surface area (Å²) in [6.07, 6.45) is -1.76. The summed E-state index contributed by atoms with van der Waals surface area (Å²) >= 11 is 0. The van der Waals surface area contributed by atoms with Crippen LogP contribution in [0.2, 0.25) is 0 Å². The van der Waals surface area contributed by atoms with Crippen LogP contribution >= 0.6 is 0 Å². The van der Waals surface area contributed by atoms with Crippen LogP contribution in [0.1, 0.15) is 96.8 Å². The van der Waals surface area contributed by atoms with Gasteiger partial charge in [0.15, 0.2) is 0 Å². The number of ether oxygens (including phenoxy) is 4. The Kier molecular flexibility index (Phi) is 16.9. The Bertz CT molecular complexity index is 1390. The van der Waals surface area contributed by atoms with E-state index in [1.165, 1.54) is 0 Å². The second-order valence-electron chi connectivity index (χ2n) is 10.2. The molecule has 0 aliphatic rings. The SMILES string of the molecule is CC(C)OC(=O)c1cc(C(=O)OC(C)C)cc(S(=O)(=O)[O-])c1.CC(C)OC(=O)c1cc(C(=O)OC(C)C)cc(S(=O)(=O)[O-])c1.[Ca+2]. The first-order valence-electron chi connectivity index (χ1n) is 13.1. The number of rotatable bonds is 10. The zero-order valence-electron chi connectivity index (χ0n) is 26.0. The van der Waals surface area contributed by atoms with Crippen LogP contribution < -0.4 is 0 Å². The normalized spacial score (nSPS) is 11.3. The third kappa shape index (κ3) is 15.0. The van der Waals surface area contributed by atoms with Crippen molar-refractivity contribution in [3.8, 4) is 0 Å². The molecule has 0 aromatic heterocycles. The van der Waals surface area contributed by atoms with E-state index in [1.807, 2.05) is 0 Å². The Morgan fingerprint density at radius 1 is 0.467 bits per heavy atom. The molecule has 244 valence electrons. The minimum absolute atomic E-state index is 0. The summed E-state index contributed by atoms with van der Waals surface area (Å²) in [7, 11) is -9.67. The van der Waals surface area contributed by atoms with Gasteiger partial charge in [-0.05, 0) is 91.8 Å². The van der Waals surface area contributed by atoms with Gasteiger partial charge in [-0.2, -0.15) is 0 Å². The van der Waals surface area contributed by atoms with E-state index in [2.05, 4.69) is 0 Å². The number of benzene rings is 2. The van der Waals surface area contributed by atoms with Crippen LogP contribution in [0.15, 0.2) is 46.2 Å². The first-order chi connectivity index (χ1) is 20.0. The first kappa shape index (κ1) is 42.4. The third-order valence-electron chi connectivity index (χ3n) is 4.70. The van der Waals surface area contributed by atoms with Gasteiger partial charge in [0, 0.05) is 0 Å². The van der Waals surface area contributed by atoms with Crippen molar-refractivity contribution < 1.29 is 64.1 Å². The van der Waals surface area contributed by atoms with Crippen molar-refractivity contribution in [3.63, 3.8) is 0 Å². The average molecular weight is 699 g/mol. The van der Waals surface area contributed by atoms with Crippen molar-refractivity contribution in [2.45, 2.75) is 89.6 Å². The molecule has 0 aliphatic carbocycles. The molecule has 0 heterocycles. The molecule has 2 aromatic carbocycles. The molecular formula is C28H34CaO14S2. The van der Waals surface area contributed by atoms with Crippen LogP contribution in [0.5, 0.6) is 0 Å². The predicted molar refractivity (Wildman–Crippen MR) is 157 cm³/mol. The Hall–Kier alpha value is -2.60. The molecule has 14 nitrogen and oxygen atoms in total. The molecule has 0 atom stereocenters. The summed E-state index contributed by atoms with van der Waals surface area (Å²) in [4.78, 5) is 46.1. The molecule has 2 rings (SSSR count). The number of esters is 4. The van der Waals surface area contributed by atoms with Crippen molar-refractivity contribution in [1.29, 1.82) is 0 Å². The van der Waals surface area contributed by atoms with Crippen LogP contribution in [0.25, 0.3) is 0 Å². The molecule has 45 heavy (non-hydrogen) atoms. The minimum atomic E-state index is -4.84. The maximum Gasteiger partial charge on any atom is 2.00 e. The van der Waals surface area contributed by atoms with Crippen molar-refractivity contribution in [2.24, 2.45) is 0 Å². The molecule has 0 saturated heterocycles. The molecule has 0 aliphatic heterocycles. The van der Waals surface area contributed by atoms with E-state index >= 15 is 0 Å². The van der Waals surface area contributed by atoms with Gasteiger partial charge in [-0.1, -0.05) is 0 Å². The van der Waals surface area contributed by atoms with E-state index in [0.717, 1.165) is 36.4 Å². The fraction of sp³-hybridized carbons (Fsp3) is 0.429. The van der Waals surface area contributed by atoms with Gasteiger partial charge in [0.25, 0.3) is 0 Å². The second kappa shape index (κ2) is 17.9. The van der Waals surface area contributed by atoms with Crippen molar-refractivity contribution in [1.82, 2.24) is 0 Å². The van der Waals surface area contributed by atoms with E-state index in [-0.39, 0.29) is 60.0 Å². The van der Waals surface area contributed by atoms with Crippen LogP contribution in [0.3, 0.4) is 0 Å². The van der Waals surface area contributed by atoms with E-state index in [4.69, 9.17) is 18.9 Å². The molecule has 0 fully saturated rings. The fourth-order valence-electron chi connectivity index (χ4n) is 3.09. The molecule has 0 unspecified atom stereocenters. The maximum absolute atomic E-state index is 11.9. The molecule has 0 radical (unpaired) electrons. The minimum Gasteiger partial charge on any atom is -0.744 e. The van der Waals surface area contributed by atoms with E-state index in [0.29, 0.717) is 0 Å². The van der Waals surface area contributed by atoms with Crippen LogP contribution in [-0.2, 0) is 39.2 Å². The molecule has 0 spiro atoms. The van der Waals surface area contributed by atoms with Crippen molar-refractivity contribution in [3.05, 3.63) is 58.7 Å². The summed E-state index contributed by atoms with van der Waals surface area (Å²) in [5, 5.41) is 0. The van der Waals surface area contributed by atoms with Crippen LogP contribution in [-0.4, -0.2) is 112 Å². The van der Waals surface area contributed by atoms with Gasteiger partial charge in [0.1, 0.15) is 20.2 Å². The molecule has 0 saturated carbocycles. The van der Waals surface area contributed by atoms with Crippen molar-refractivity contribution in [2.75, 3.05) is 0 Å². The van der Waals surface area contributed by atoms with Gasteiger partial charge in [0.2, 0.25) is 0 Å². The van der Waals surface area contributed by atoms with Gasteiger partial charge < -0.3 is 28.1 Å². The van der Waals surface area contributed by atoms with Gasteiger partial charge in [-0.3, -0.25) is 0 Å². The zero-order chi connectivity index (χ0) is 34.2. The molecular weight excluding hydrogens is 665 g/mol. The van der Waals surface area contributed by atoms with Crippen molar-refractivity contribution >= 4 is 81.9 Å². The summed E-state index contributed by atoms with van der Waals surface area (Å²) in [5.74, 6) is -3.34. The quantitative estimate of drug-likeness (QED) is 0.151. The Balaban J connectivity index is 0.000000842. The van der Waals surface area contributed by atoms with Crippen LogP contribution in [0, 0.1) is 0 Å². The Morgan fingerprint density at radius 2 is 0.644 bits per heavy atom. The standard InChI is InChI=1S/2C14H18O7S.Ca/c2*1-8(2)20-13(15)10-5-11(14(16)21-9(3)4)7-12(6-10)22(17,18)19;/h2*5-9H,1-4H3,(H,17,18,19);/q;;+2/p-2.